The molecule has 1 unspecified atom stereocenters. The Bertz CT molecular complexity index is 1410. The van der Waals surface area contributed by atoms with Crippen molar-refractivity contribution in [2.75, 3.05) is 13.1 Å². The molecule has 1 atom stereocenters. The quantitative estimate of drug-likeness (QED) is 0.284. The van der Waals surface area contributed by atoms with Gasteiger partial charge in [0.2, 0.25) is 0 Å². The lowest BCUT2D eigenvalue weighted by Crippen LogP contribution is -2.38. The highest BCUT2D eigenvalue weighted by Crippen LogP contribution is 2.29. The standard InChI is InChI=1S/C28H28BrClN4O2/c1-2-24(33(16-6-15-31)27(35)20-9-11-21(29)12-10-20)26-23(17-19-7-4-3-5-8-19)28(36)34-18-22(30)13-14-25(34)32-26/h3-5,7-14,18,24H,2,6,15-17,31H2,1H3. The van der Waals surface area contributed by atoms with Crippen LogP contribution in [-0.2, 0) is 6.42 Å². The number of halogens is 2. The Morgan fingerprint density at radius 1 is 1.11 bits per heavy atom. The molecular weight excluding hydrogens is 540 g/mol. The van der Waals surface area contributed by atoms with Crippen LogP contribution in [0.15, 0.2) is 82.2 Å². The maximum absolute atomic E-state index is 13.8. The number of hydrogen-bond acceptors (Lipinski definition) is 4. The second kappa shape index (κ2) is 11.8. The number of nitrogens with zero attached hydrogens (tertiary/aromatic N) is 3. The summed E-state index contributed by atoms with van der Waals surface area (Å²) in [5.74, 6) is -0.119. The number of carbonyl (C=O) groups excluding carboxylic acids is 1. The summed E-state index contributed by atoms with van der Waals surface area (Å²) in [5.41, 5.74) is 8.86. The van der Waals surface area contributed by atoms with E-state index in [0.29, 0.717) is 59.8 Å². The van der Waals surface area contributed by atoms with Crippen molar-refractivity contribution in [3.05, 3.63) is 115 Å². The van der Waals surface area contributed by atoms with Crippen LogP contribution in [0, 0.1) is 0 Å². The lowest BCUT2D eigenvalue weighted by atomic mass is 9.97. The largest absolute Gasteiger partial charge is 0.330 e. The van der Waals surface area contributed by atoms with E-state index in [1.807, 2.05) is 49.4 Å². The molecule has 0 aliphatic rings. The van der Waals surface area contributed by atoms with E-state index in [-0.39, 0.29) is 11.5 Å². The third kappa shape index (κ3) is 5.69. The molecule has 0 aliphatic carbocycles. The Morgan fingerprint density at radius 2 is 1.83 bits per heavy atom. The van der Waals surface area contributed by atoms with Gasteiger partial charge in [-0.25, -0.2) is 4.98 Å². The number of rotatable bonds is 9. The number of nitrogens with two attached hydrogens (primary N) is 1. The first kappa shape index (κ1) is 26.1. The van der Waals surface area contributed by atoms with Crippen molar-refractivity contribution in [1.82, 2.24) is 14.3 Å². The van der Waals surface area contributed by atoms with Crippen LogP contribution in [0.1, 0.15) is 53.0 Å². The Morgan fingerprint density at radius 3 is 2.50 bits per heavy atom. The second-order valence-corrected chi connectivity index (χ2v) is 9.94. The molecular formula is C28H28BrClN4O2. The van der Waals surface area contributed by atoms with Gasteiger partial charge in [-0.1, -0.05) is 64.8 Å². The maximum Gasteiger partial charge on any atom is 0.261 e. The average molecular weight is 568 g/mol. The van der Waals surface area contributed by atoms with E-state index < -0.39 is 6.04 Å². The molecule has 0 radical (unpaired) electrons. The van der Waals surface area contributed by atoms with Gasteiger partial charge in [0.25, 0.3) is 11.5 Å². The molecule has 0 aliphatic heterocycles. The zero-order valence-corrected chi connectivity index (χ0v) is 22.4. The van der Waals surface area contributed by atoms with Gasteiger partial charge in [-0.05, 0) is 61.3 Å². The number of carbonyl (C=O) groups is 1. The zero-order valence-electron chi connectivity index (χ0n) is 20.0. The zero-order chi connectivity index (χ0) is 25.7. The fraction of sp³-hybridized carbons (Fsp3) is 0.250. The van der Waals surface area contributed by atoms with Gasteiger partial charge in [-0.2, -0.15) is 0 Å². The molecule has 2 heterocycles. The van der Waals surface area contributed by atoms with Gasteiger partial charge in [-0.3, -0.25) is 14.0 Å². The molecule has 4 aromatic rings. The van der Waals surface area contributed by atoms with Gasteiger partial charge in [0.05, 0.1) is 16.8 Å². The Kier molecular flexibility index (Phi) is 8.56. The molecule has 0 saturated carbocycles. The normalized spacial score (nSPS) is 12.0. The molecule has 1 amide bonds. The minimum Gasteiger partial charge on any atom is -0.330 e. The molecule has 8 heteroatoms. The maximum atomic E-state index is 13.8. The first-order valence-corrected chi connectivity index (χ1v) is 13.1. The summed E-state index contributed by atoms with van der Waals surface area (Å²) in [5, 5.41) is 0.451. The van der Waals surface area contributed by atoms with Gasteiger partial charge >= 0.3 is 0 Å². The van der Waals surface area contributed by atoms with Gasteiger partial charge in [0.15, 0.2) is 0 Å². The van der Waals surface area contributed by atoms with Crippen LogP contribution in [-0.4, -0.2) is 33.3 Å². The van der Waals surface area contributed by atoms with Gasteiger partial charge in [0, 0.05) is 34.8 Å². The van der Waals surface area contributed by atoms with Crippen molar-refractivity contribution in [2.24, 2.45) is 5.73 Å². The molecule has 2 aromatic carbocycles. The van der Waals surface area contributed by atoms with Gasteiger partial charge in [-0.15, -0.1) is 0 Å². The third-order valence-corrected chi connectivity index (χ3v) is 6.92. The molecule has 2 N–H and O–H groups in total. The predicted molar refractivity (Wildman–Crippen MR) is 148 cm³/mol. The summed E-state index contributed by atoms with van der Waals surface area (Å²) in [4.78, 5) is 34.3. The molecule has 0 bridgehead atoms. The molecule has 4 rings (SSSR count). The van der Waals surface area contributed by atoms with Crippen LogP contribution in [0.3, 0.4) is 0 Å². The van der Waals surface area contributed by atoms with Crippen molar-refractivity contribution >= 4 is 39.1 Å². The third-order valence-electron chi connectivity index (χ3n) is 6.17. The first-order valence-electron chi connectivity index (χ1n) is 11.9. The predicted octanol–water partition coefficient (Wildman–Crippen LogP) is 5.64. The topological polar surface area (TPSA) is 80.7 Å². The monoisotopic (exact) mass is 566 g/mol. The van der Waals surface area contributed by atoms with E-state index in [9.17, 15) is 9.59 Å². The summed E-state index contributed by atoms with van der Waals surface area (Å²) >= 11 is 9.64. The molecule has 0 spiro atoms. The summed E-state index contributed by atoms with van der Waals surface area (Å²) in [6.07, 6.45) is 3.20. The number of fused-ring (bicyclic) bond motifs is 1. The highest BCUT2D eigenvalue weighted by Gasteiger charge is 2.29. The van der Waals surface area contributed by atoms with Crippen molar-refractivity contribution in [3.63, 3.8) is 0 Å². The van der Waals surface area contributed by atoms with Crippen LogP contribution in [0.25, 0.3) is 5.65 Å². The summed E-state index contributed by atoms with van der Waals surface area (Å²) in [7, 11) is 0. The Balaban J connectivity index is 1.88. The van der Waals surface area contributed by atoms with Crippen molar-refractivity contribution in [2.45, 2.75) is 32.2 Å². The van der Waals surface area contributed by atoms with E-state index in [1.165, 1.54) is 4.40 Å². The fourth-order valence-corrected chi connectivity index (χ4v) is 4.81. The van der Waals surface area contributed by atoms with Crippen LogP contribution in [0.5, 0.6) is 0 Å². The lowest BCUT2D eigenvalue weighted by Gasteiger charge is -2.32. The SMILES string of the molecule is CCC(c1nc2ccc(Cl)cn2c(=O)c1Cc1ccccc1)N(CCCN)C(=O)c1ccc(Br)cc1. The molecule has 0 saturated heterocycles. The van der Waals surface area contributed by atoms with Gasteiger partial charge < -0.3 is 10.6 Å². The molecule has 2 aromatic heterocycles. The molecule has 36 heavy (non-hydrogen) atoms. The summed E-state index contributed by atoms with van der Waals surface area (Å²) in [6.45, 7) is 2.91. The smallest absolute Gasteiger partial charge is 0.261 e. The fourth-order valence-electron chi connectivity index (χ4n) is 4.39. The van der Waals surface area contributed by atoms with Crippen molar-refractivity contribution < 1.29 is 4.79 Å². The molecule has 6 nitrogen and oxygen atoms in total. The lowest BCUT2D eigenvalue weighted by molar-refractivity contribution is 0.0664. The minimum absolute atomic E-state index is 0.119. The van der Waals surface area contributed by atoms with E-state index in [1.54, 1.807) is 35.4 Å². The Labute approximate surface area is 223 Å². The number of hydrogen-bond donors (Lipinski definition) is 1. The minimum atomic E-state index is -0.403. The summed E-state index contributed by atoms with van der Waals surface area (Å²) in [6, 6.07) is 20.1. The second-order valence-electron chi connectivity index (χ2n) is 8.59. The van der Waals surface area contributed by atoms with Crippen molar-refractivity contribution in [3.8, 4) is 0 Å². The number of amides is 1. The highest BCUT2D eigenvalue weighted by molar-refractivity contribution is 9.10. The molecule has 186 valence electrons. The molecule has 0 fully saturated rings. The van der Waals surface area contributed by atoms with E-state index >= 15 is 0 Å². The van der Waals surface area contributed by atoms with Gasteiger partial charge in [0.1, 0.15) is 5.65 Å². The van der Waals surface area contributed by atoms with E-state index in [4.69, 9.17) is 22.3 Å². The highest BCUT2D eigenvalue weighted by atomic mass is 79.9. The number of pyridine rings is 1. The van der Waals surface area contributed by atoms with Crippen LogP contribution in [0.4, 0.5) is 0 Å². The van der Waals surface area contributed by atoms with E-state index in [0.717, 1.165) is 10.0 Å². The first-order chi connectivity index (χ1) is 17.4. The number of benzene rings is 2. The van der Waals surface area contributed by atoms with Crippen LogP contribution in [0.2, 0.25) is 5.02 Å². The van der Waals surface area contributed by atoms with Crippen LogP contribution >= 0.6 is 27.5 Å². The average Bonchev–Trinajstić information content (AvgIpc) is 2.89. The van der Waals surface area contributed by atoms with Crippen LogP contribution < -0.4 is 11.3 Å². The van der Waals surface area contributed by atoms with E-state index in [2.05, 4.69) is 15.9 Å². The Hall–Kier alpha value is -3.00. The summed E-state index contributed by atoms with van der Waals surface area (Å²) < 4.78 is 2.38. The van der Waals surface area contributed by atoms with Crippen molar-refractivity contribution in [1.29, 1.82) is 0 Å². The number of aromatic nitrogens is 2.